The topological polar surface area (TPSA) is 114 Å². The van der Waals surface area contributed by atoms with Gasteiger partial charge in [0, 0.05) is 18.7 Å². The zero-order valence-corrected chi connectivity index (χ0v) is 23.5. The number of benzene rings is 2. The molecule has 0 spiro atoms. The van der Waals surface area contributed by atoms with Crippen LogP contribution in [0.15, 0.2) is 65.7 Å². The second-order valence-corrected chi connectivity index (χ2v) is 13.5. The van der Waals surface area contributed by atoms with Gasteiger partial charge in [-0.1, -0.05) is 6.07 Å². The molecule has 3 aromatic rings. The maximum atomic E-state index is 14.5. The highest BCUT2D eigenvalue weighted by molar-refractivity contribution is 7.92. The van der Waals surface area contributed by atoms with E-state index < -0.39 is 44.3 Å². The summed E-state index contributed by atoms with van der Waals surface area (Å²) in [7, 11) is -4.14. The minimum absolute atomic E-state index is 0.0317. The first-order chi connectivity index (χ1) is 20.1. The highest BCUT2D eigenvalue weighted by Gasteiger charge is 2.61. The standard InChI is InChI=1S/C31H30F2N2O6S/c32-22-8-11-24(12-9-22)42(39,40)31-15-17-35(29(36)19-3-5-20(6-4-19)30(37)38)27(31)14-7-21-18-23(10-13-25(21)31)41-26-2-1-16-34-28(26)33/h1-2,8-13,16,18-20,27H,3-7,14-15,17H2,(H,37,38)/t19?,20?,27-,31-/m1/s1. The van der Waals surface area contributed by atoms with Crippen LogP contribution in [0.2, 0.25) is 0 Å². The smallest absolute Gasteiger partial charge is 0.306 e. The number of likely N-dealkylation sites (tertiary alicyclic amines) is 1. The zero-order chi connectivity index (χ0) is 29.6. The van der Waals surface area contributed by atoms with Crippen molar-refractivity contribution in [3.63, 3.8) is 0 Å². The molecule has 2 heterocycles. The summed E-state index contributed by atoms with van der Waals surface area (Å²) in [5.41, 5.74) is 1.27. The van der Waals surface area contributed by atoms with E-state index in [0.29, 0.717) is 49.8 Å². The summed E-state index contributed by atoms with van der Waals surface area (Å²) < 4.78 is 61.3. The summed E-state index contributed by atoms with van der Waals surface area (Å²) >= 11 is 0. The number of amides is 1. The number of rotatable bonds is 6. The normalized spacial score (nSPS) is 25.4. The first kappa shape index (κ1) is 28.3. The quantitative estimate of drug-likeness (QED) is 0.305. The Morgan fingerprint density at radius 1 is 0.976 bits per heavy atom. The van der Waals surface area contributed by atoms with Gasteiger partial charge in [-0.3, -0.25) is 9.59 Å². The summed E-state index contributed by atoms with van der Waals surface area (Å²) in [5.74, 6) is -2.89. The molecule has 1 amide bonds. The summed E-state index contributed by atoms with van der Waals surface area (Å²) in [6.45, 7) is 0.224. The highest BCUT2D eigenvalue weighted by atomic mass is 32.2. The van der Waals surface area contributed by atoms with Gasteiger partial charge in [-0.15, -0.1) is 0 Å². The molecule has 3 aliphatic rings. The number of carbonyl (C=O) groups excluding carboxylic acids is 1. The molecule has 1 N–H and O–H groups in total. The Kier molecular flexibility index (Phi) is 7.24. The Hall–Kier alpha value is -3.86. The van der Waals surface area contributed by atoms with E-state index in [9.17, 15) is 31.9 Å². The summed E-state index contributed by atoms with van der Waals surface area (Å²) in [6.07, 6.45) is 4.00. The lowest BCUT2D eigenvalue weighted by molar-refractivity contribution is -0.146. The molecule has 6 rings (SSSR count). The fourth-order valence-corrected chi connectivity index (χ4v) is 9.42. The number of aliphatic carboxylic acids is 1. The van der Waals surface area contributed by atoms with Crippen LogP contribution in [0.3, 0.4) is 0 Å². The first-order valence-corrected chi connectivity index (χ1v) is 15.6. The zero-order valence-electron chi connectivity index (χ0n) is 22.7. The second-order valence-electron chi connectivity index (χ2n) is 11.3. The van der Waals surface area contributed by atoms with E-state index in [-0.39, 0.29) is 35.4 Å². The maximum absolute atomic E-state index is 14.5. The van der Waals surface area contributed by atoms with Gasteiger partial charge in [-0.25, -0.2) is 17.8 Å². The predicted octanol–water partition coefficient (Wildman–Crippen LogP) is 5.26. The van der Waals surface area contributed by atoms with Crippen molar-refractivity contribution in [1.82, 2.24) is 9.88 Å². The van der Waals surface area contributed by atoms with Crippen LogP contribution in [0.25, 0.3) is 0 Å². The average molecular weight is 597 g/mol. The second kappa shape index (κ2) is 10.8. The summed E-state index contributed by atoms with van der Waals surface area (Å²) in [6, 6.07) is 12.0. The molecule has 0 bridgehead atoms. The van der Waals surface area contributed by atoms with E-state index in [1.807, 2.05) is 0 Å². The third kappa shape index (κ3) is 4.63. The van der Waals surface area contributed by atoms with Crippen molar-refractivity contribution in [2.75, 3.05) is 6.54 Å². The molecule has 8 nitrogen and oxygen atoms in total. The Morgan fingerprint density at radius 2 is 1.69 bits per heavy atom. The maximum Gasteiger partial charge on any atom is 0.306 e. The number of halogens is 2. The number of fused-ring (bicyclic) bond motifs is 3. The number of carbonyl (C=O) groups is 2. The lowest BCUT2D eigenvalue weighted by Gasteiger charge is -2.43. The van der Waals surface area contributed by atoms with E-state index >= 15 is 0 Å². The van der Waals surface area contributed by atoms with E-state index in [0.717, 1.165) is 17.7 Å². The van der Waals surface area contributed by atoms with Crippen molar-refractivity contribution >= 4 is 21.7 Å². The number of carboxylic acids is 1. The van der Waals surface area contributed by atoms with Gasteiger partial charge in [-0.05, 0) is 105 Å². The summed E-state index contributed by atoms with van der Waals surface area (Å²) in [5, 5.41) is 9.37. The van der Waals surface area contributed by atoms with Gasteiger partial charge in [0.05, 0.1) is 16.9 Å². The number of sulfone groups is 1. The van der Waals surface area contributed by atoms with Crippen LogP contribution in [-0.4, -0.2) is 47.9 Å². The third-order valence-electron chi connectivity index (χ3n) is 9.12. The van der Waals surface area contributed by atoms with E-state index in [2.05, 4.69) is 4.98 Å². The molecule has 1 saturated heterocycles. The first-order valence-electron chi connectivity index (χ1n) is 14.1. The number of pyridine rings is 1. The predicted molar refractivity (Wildman–Crippen MR) is 147 cm³/mol. The monoisotopic (exact) mass is 596 g/mol. The molecule has 2 aromatic carbocycles. The fourth-order valence-electron chi connectivity index (χ4n) is 7.05. The average Bonchev–Trinajstić information content (AvgIpc) is 3.40. The molecule has 1 aliphatic heterocycles. The molecular formula is C31H30F2N2O6S. The number of aryl methyl sites for hydroxylation is 1. The van der Waals surface area contributed by atoms with Gasteiger partial charge in [0.15, 0.2) is 15.6 Å². The lowest BCUT2D eigenvalue weighted by atomic mass is 9.77. The van der Waals surface area contributed by atoms with Crippen molar-refractivity contribution in [2.45, 2.75) is 60.6 Å². The van der Waals surface area contributed by atoms with E-state index in [1.54, 1.807) is 29.2 Å². The third-order valence-corrected chi connectivity index (χ3v) is 11.7. The lowest BCUT2D eigenvalue weighted by Crippen LogP contribution is -2.53. The van der Waals surface area contributed by atoms with E-state index in [4.69, 9.17) is 4.74 Å². The van der Waals surface area contributed by atoms with E-state index in [1.165, 1.54) is 24.4 Å². The number of aromatic nitrogens is 1. The summed E-state index contributed by atoms with van der Waals surface area (Å²) in [4.78, 5) is 30.5. The number of nitrogens with zero attached hydrogens (tertiary/aromatic N) is 2. The molecular weight excluding hydrogens is 566 g/mol. The molecule has 42 heavy (non-hydrogen) atoms. The van der Waals surface area contributed by atoms with Crippen molar-refractivity contribution in [3.05, 3.63) is 83.7 Å². The van der Waals surface area contributed by atoms with Crippen LogP contribution in [0.5, 0.6) is 11.5 Å². The molecule has 0 radical (unpaired) electrons. The van der Waals surface area contributed by atoms with Crippen LogP contribution in [0.1, 0.15) is 49.7 Å². The molecule has 1 aromatic heterocycles. The van der Waals surface area contributed by atoms with Crippen molar-refractivity contribution in [1.29, 1.82) is 0 Å². The van der Waals surface area contributed by atoms with Crippen LogP contribution < -0.4 is 4.74 Å². The van der Waals surface area contributed by atoms with Gasteiger partial charge >= 0.3 is 5.97 Å². The van der Waals surface area contributed by atoms with Crippen molar-refractivity contribution in [2.24, 2.45) is 11.8 Å². The highest BCUT2D eigenvalue weighted by Crippen LogP contribution is 2.54. The largest absolute Gasteiger partial charge is 0.481 e. The van der Waals surface area contributed by atoms with Crippen molar-refractivity contribution in [3.8, 4) is 11.5 Å². The van der Waals surface area contributed by atoms with Crippen LogP contribution >= 0.6 is 0 Å². The minimum atomic E-state index is -4.14. The Labute approximate surface area is 242 Å². The molecule has 1 saturated carbocycles. The number of hydrogen-bond acceptors (Lipinski definition) is 6. The molecule has 220 valence electrons. The van der Waals surface area contributed by atoms with Crippen LogP contribution in [0, 0.1) is 23.6 Å². The Morgan fingerprint density at radius 3 is 2.38 bits per heavy atom. The molecule has 2 aliphatic carbocycles. The SMILES string of the molecule is O=C(O)C1CCC(C(=O)N2CC[C@@]3(S(=O)(=O)c4ccc(F)cc4)c4ccc(Oc5cccnc5F)cc4CC[C@@H]23)CC1. The van der Waals surface area contributed by atoms with Gasteiger partial charge < -0.3 is 14.7 Å². The number of ether oxygens (including phenoxy) is 1. The number of carboxylic acid groups (broad SMARTS) is 1. The molecule has 0 unspecified atom stereocenters. The minimum Gasteiger partial charge on any atom is -0.481 e. The van der Waals surface area contributed by atoms with Crippen LogP contribution in [0.4, 0.5) is 8.78 Å². The molecule has 2 atom stereocenters. The van der Waals surface area contributed by atoms with Crippen molar-refractivity contribution < 1.29 is 36.6 Å². The molecule has 11 heteroatoms. The van der Waals surface area contributed by atoms with Crippen LogP contribution in [-0.2, 0) is 30.6 Å². The van der Waals surface area contributed by atoms with Gasteiger partial charge in [0.25, 0.3) is 5.95 Å². The fraction of sp³-hybridized carbons (Fsp3) is 0.387. The van der Waals surface area contributed by atoms with Gasteiger partial charge in [0.1, 0.15) is 16.3 Å². The number of hydrogen-bond donors (Lipinski definition) is 1. The van der Waals surface area contributed by atoms with Gasteiger partial charge in [-0.2, -0.15) is 4.39 Å². The Bertz CT molecular complexity index is 1640. The van der Waals surface area contributed by atoms with Gasteiger partial charge in [0.2, 0.25) is 5.91 Å². The molecule has 2 fully saturated rings. The Balaban J connectivity index is 1.39.